The van der Waals surface area contributed by atoms with Crippen molar-refractivity contribution in [1.82, 2.24) is 9.88 Å². The Bertz CT molecular complexity index is 1610. The minimum absolute atomic E-state index is 0.0202. The predicted molar refractivity (Wildman–Crippen MR) is 145 cm³/mol. The number of hydrogen-bond acceptors (Lipinski definition) is 4. The standard InChI is InChI=1S/C29H20Cl2FN3O4/c30-18-6-8-21-25(13-18)34-27(36)26(14-19-3-1-2-10-33-19)35(28(21)37)15-16-4-7-20(29(38)39)22(11-16)17-5-9-24(32)23(31)12-17/h1-13,26H,14-15H2,(H,34,36)(H,38,39)/t26-/m1/s1. The normalized spacial score (nSPS) is 14.9. The maximum Gasteiger partial charge on any atom is 0.336 e. The second-order valence-electron chi connectivity index (χ2n) is 8.97. The first-order valence-electron chi connectivity index (χ1n) is 11.8. The van der Waals surface area contributed by atoms with Crippen LogP contribution in [0.3, 0.4) is 0 Å². The molecule has 1 aliphatic heterocycles. The number of aromatic nitrogens is 1. The Morgan fingerprint density at radius 3 is 2.54 bits per heavy atom. The van der Waals surface area contributed by atoms with Crippen molar-refractivity contribution in [3.63, 3.8) is 0 Å². The van der Waals surface area contributed by atoms with Gasteiger partial charge in [-0.3, -0.25) is 14.6 Å². The molecular formula is C29H20Cl2FN3O4. The predicted octanol–water partition coefficient (Wildman–Crippen LogP) is 6.10. The van der Waals surface area contributed by atoms with Crippen LogP contribution in [0, 0.1) is 5.82 Å². The Balaban J connectivity index is 1.59. The summed E-state index contributed by atoms with van der Waals surface area (Å²) in [6.45, 7) is -0.0202. The van der Waals surface area contributed by atoms with Crippen molar-refractivity contribution in [3.05, 3.63) is 117 Å². The molecule has 2 heterocycles. The molecule has 1 atom stereocenters. The Morgan fingerprint density at radius 1 is 1.00 bits per heavy atom. The van der Waals surface area contributed by atoms with Gasteiger partial charge in [-0.25, -0.2) is 9.18 Å². The monoisotopic (exact) mass is 563 g/mol. The second kappa shape index (κ2) is 10.8. The first-order valence-corrected chi connectivity index (χ1v) is 12.6. The molecule has 3 aromatic carbocycles. The Kier molecular flexibility index (Phi) is 7.32. The lowest BCUT2D eigenvalue weighted by atomic mass is 9.96. The number of fused-ring (bicyclic) bond motifs is 1. The molecule has 0 radical (unpaired) electrons. The van der Waals surface area contributed by atoms with Crippen molar-refractivity contribution < 1.29 is 23.9 Å². The van der Waals surface area contributed by atoms with Crippen LogP contribution in [0.2, 0.25) is 10.0 Å². The van der Waals surface area contributed by atoms with Crippen LogP contribution < -0.4 is 5.32 Å². The molecule has 39 heavy (non-hydrogen) atoms. The van der Waals surface area contributed by atoms with Crippen LogP contribution in [-0.4, -0.2) is 38.8 Å². The van der Waals surface area contributed by atoms with Crippen molar-refractivity contribution in [3.8, 4) is 11.1 Å². The molecule has 2 amide bonds. The number of pyridine rings is 1. The number of halogens is 3. The van der Waals surface area contributed by atoms with E-state index in [0.717, 1.165) is 6.07 Å². The lowest BCUT2D eigenvalue weighted by molar-refractivity contribution is -0.120. The molecule has 0 saturated heterocycles. The molecule has 0 unspecified atom stereocenters. The molecule has 196 valence electrons. The molecule has 0 aliphatic carbocycles. The van der Waals surface area contributed by atoms with Gasteiger partial charge < -0.3 is 15.3 Å². The van der Waals surface area contributed by atoms with Gasteiger partial charge in [-0.1, -0.05) is 41.4 Å². The van der Waals surface area contributed by atoms with Gasteiger partial charge in [0.2, 0.25) is 5.91 Å². The summed E-state index contributed by atoms with van der Waals surface area (Å²) in [6, 6.07) is 17.5. The van der Waals surface area contributed by atoms with Gasteiger partial charge in [-0.2, -0.15) is 0 Å². The van der Waals surface area contributed by atoms with Gasteiger partial charge in [0.05, 0.1) is 21.8 Å². The fourth-order valence-electron chi connectivity index (χ4n) is 4.54. The quantitative estimate of drug-likeness (QED) is 0.295. The van der Waals surface area contributed by atoms with Crippen molar-refractivity contribution in [2.75, 3.05) is 5.32 Å². The SMILES string of the molecule is O=C(O)c1ccc(CN2C(=O)c3ccc(Cl)cc3NC(=O)[C@H]2Cc2ccccn2)cc1-c1ccc(F)c(Cl)c1. The lowest BCUT2D eigenvalue weighted by Crippen LogP contribution is -2.46. The fraction of sp³-hybridized carbons (Fsp3) is 0.103. The number of carboxylic acid groups (broad SMARTS) is 1. The first kappa shape index (κ1) is 26.3. The topological polar surface area (TPSA) is 99.6 Å². The highest BCUT2D eigenvalue weighted by atomic mass is 35.5. The molecule has 0 bridgehead atoms. The summed E-state index contributed by atoms with van der Waals surface area (Å²) >= 11 is 12.1. The molecule has 0 spiro atoms. The van der Waals surface area contributed by atoms with Gasteiger partial charge >= 0.3 is 5.97 Å². The molecule has 4 aromatic rings. The molecule has 2 N–H and O–H groups in total. The molecule has 10 heteroatoms. The zero-order chi connectivity index (χ0) is 27.7. The molecule has 0 saturated carbocycles. The second-order valence-corrected chi connectivity index (χ2v) is 9.81. The van der Waals surface area contributed by atoms with Crippen LogP contribution in [0.1, 0.15) is 32.0 Å². The van der Waals surface area contributed by atoms with Gasteiger partial charge in [-0.15, -0.1) is 0 Å². The summed E-state index contributed by atoms with van der Waals surface area (Å²) in [6.07, 6.45) is 1.75. The van der Waals surface area contributed by atoms with Gasteiger partial charge in [0.15, 0.2) is 0 Å². The third-order valence-electron chi connectivity index (χ3n) is 6.44. The van der Waals surface area contributed by atoms with Crippen LogP contribution in [-0.2, 0) is 17.8 Å². The van der Waals surface area contributed by atoms with Crippen LogP contribution in [0.15, 0.2) is 79.0 Å². The molecule has 0 fully saturated rings. The van der Waals surface area contributed by atoms with Crippen molar-refractivity contribution >= 4 is 46.7 Å². The van der Waals surface area contributed by atoms with E-state index in [-0.39, 0.29) is 29.1 Å². The van der Waals surface area contributed by atoms with Crippen LogP contribution in [0.4, 0.5) is 10.1 Å². The third-order valence-corrected chi connectivity index (χ3v) is 6.96. The summed E-state index contributed by atoms with van der Waals surface area (Å²) in [4.78, 5) is 45.0. The number of amides is 2. The number of carbonyl (C=O) groups excluding carboxylic acids is 2. The van der Waals surface area contributed by atoms with E-state index in [2.05, 4.69) is 10.3 Å². The van der Waals surface area contributed by atoms with Crippen molar-refractivity contribution in [1.29, 1.82) is 0 Å². The smallest absolute Gasteiger partial charge is 0.336 e. The van der Waals surface area contributed by atoms with Crippen molar-refractivity contribution in [2.45, 2.75) is 19.0 Å². The first-order chi connectivity index (χ1) is 18.7. The summed E-state index contributed by atoms with van der Waals surface area (Å²) in [5, 5.41) is 12.8. The zero-order valence-electron chi connectivity index (χ0n) is 20.2. The van der Waals surface area contributed by atoms with Crippen LogP contribution in [0.25, 0.3) is 11.1 Å². The molecular weight excluding hydrogens is 544 g/mol. The average molecular weight is 564 g/mol. The van der Waals surface area contributed by atoms with Gasteiger partial charge in [0.1, 0.15) is 11.9 Å². The maximum absolute atomic E-state index is 13.8. The van der Waals surface area contributed by atoms with E-state index in [0.29, 0.717) is 33.1 Å². The number of carboxylic acids is 1. The van der Waals surface area contributed by atoms with E-state index in [1.54, 1.807) is 48.7 Å². The number of carbonyl (C=O) groups is 3. The summed E-state index contributed by atoms with van der Waals surface area (Å²) < 4.78 is 13.8. The van der Waals surface area contributed by atoms with E-state index >= 15 is 0 Å². The number of benzene rings is 3. The van der Waals surface area contributed by atoms with E-state index in [1.807, 2.05) is 0 Å². The highest BCUT2D eigenvalue weighted by molar-refractivity contribution is 6.31. The Labute approximate surface area is 232 Å². The number of nitrogens with zero attached hydrogens (tertiary/aromatic N) is 2. The lowest BCUT2D eigenvalue weighted by Gasteiger charge is -2.29. The van der Waals surface area contributed by atoms with E-state index in [9.17, 15) is 23.9 Å². The van der Waals surface area contributed by atoms with Gasteiger partial charge in [0.25, 0.3) is 5.91 Å². The number of rotatable bonds is 6. The summed E-state index contributed by atoms with van der Waals surface area (Å²) in [7, 11) is 0. The summed E-state index contributed by atoms with van der Waals surface area (Å²) in [5.74, 6) is -2.64. The van der Waals surface area contributed by atoms with Gasteiger partial charge in [0, 0.05) is 29.9 Å². The zero-order valence-corrected chi connectivity index (χ0v) is 21.7. The average Bonchev–Trinajstić information content (AvgIpc) is 3.00. The number of nitrogens with one attached hydrogen (secondary N) is 1. The fourth-order valence-corrected chi connectivity index (χ4v) is 4.89. The molecule has 1 aliphatic rings. The summed E-state index contributed by atoms with van der Waals surface area (Å²) in [5.41, 5.74) is 2.40. The van der Waals surface area contributed by atoms with E-state index in [4.69, 9.17) is 23.2 Å². The minimum atomic E-state index is -1.18. The van der Waals surface area contributed by atoms with Crippen molar-refractivity contribution in [2.24, 2.45) is 0 Å². The van der Waals surface area contributed by atoms with Crippen LogP contribution >= 0.6 is 23.2 Å². The maximum atomic E-state index is 13.8. The highest BCUT2D eigenvalue weighted by Crippen LogP contribution is 2.32. The Hall–Kier alpha value is -4.27. The largest absolute Gasteiger partial charge is 0.478 e. The molecule has 5 rings (SSSR count). The third kappa shape index (κ3) is 5.48. The van der Waals surface area contributed by atoms with Gasteiger partial charge in [-0.05, 0) is 71.3 Å². The number of anilines is 1. The highest BCUT2D eigenvalue weighted by Gasteiger charge is 2.36. The number of hydrogen-bond donors (Lipinski definition) is 2. The molecule has 1 aromatic heterocycles. The van der Waals surface area contributed by atoms with Crippen LogP contribution in [0.5, 0.6) is 0 Å². The minimum Gasteiger partial charge on any atom is -0.478 e. The molecule has 7 nitrogen and oxygen atoms in total. The number of aromatic carboxylic acids is 1. The van der Waals surface area contributed by atoms with E-state index < -0.39 is 29.6 Å². The van der Waals surface area contributed by atoms with E-state index in [1.165, 1.54) is 29.2 Å². The Morgan fingerprint density at radius 2 is 1.82 bits per heavy atom.